The highest BCUT2D eigenvalue weighted by Gasteiger charge is 2.39. The van der Waals surface area contributed by atoms with Crippen molar-refractivity contribution in [3.05, 3.63) is 15.9 Å². The van der Waals surface area contributed by atoms with E-state index < -0.39 is 5.41 Å². The summed E-state index contributed by atoms with van der Waals surface area (Å²) >= 11 is 3.54. The lowest BCUT2D eigenvalue weighted by Crippen LogP contribution is -2.44. The highest BCUT2D eigenvalue weighted by atomic mass is 79.9. The molecule has 5 nitrogen and oxygen atoms in total. The number of aryl methyl sites for hydroxylation is 2. The van der Waals surface area contributed by atoms with Crippen LogP contribution in [0.1, 0.15) is 31.2 Å². The van der Waals surface area contributed by atoms with E-state index in [1.54, 1.807) is 0 Å². The molecule has 1 aromatic rings. The van der Waals surface area contributed by atoms with E-state index >= 15 is 0 Å². The molecule has 0 bridgehead atoms. The number of hydrogen-bond acceptors (Lipinski definition) is 4. The quantitative estimate of drug-likeness (QED) is 0.885. The number of carbonyl (C=O) groups excluding carboxylic acids is 1. The lowest BCUT2D eigenvalue weighted by molar-refractivity contribution is -0.133. The highest BCUT2D eigenvalue weighted by Crippen LogP contribution is 2.33. The first kappa shape index (κ1) is 15.7. The van der Waals surface area contributed by atoms with Crippen LogP contribution >= 0.6 is 15.9 Å². The molecule has 0 atom stereocenters. The number of nitrogens with two attached hydrogens (primary N) is 1. The van der Waals surface area contributed by atoms with Gasteiger partial charge in [0.25, 0.3) is 0 Å². The molecule has 0 spiro atoms. The molecule has 2 heterocycles. The van der Waals surface area contributed by atoms with Gasteiger partial charge in [0.1, 0.15) is 5.78 Å². The monoisotopic (exact) mass is 343 g/mol. The molecule has 20 heavy (non-hydrogen) atoms. The summed E-state index contributed by atoms with van der Waals surface area (Å²) in [7, 11) is 0. The number of ketones is 1. The molecule has 112 valence electrons. The minimum absolute atomic E-state index is 0.207. The van der Waals surface area contributed by atoms with Crippen LogP contribution in [-0.2, 0) is 22.5 Å². The predicted octanol–water partition coefficient (Wildman–Crippen LogP) is 1.84. The van der Waals surface area contributed by atoms with Crippen LogP contribution in [-0.4, -0.2) is 35.3 Å². The first-order valence-corrected chi connectivity index (χ1v) is 7.86. The molecule has 1 aliphatic rings. The Kier molecular flexibility index (Phi) is 4.99. The molecule has 6 heteroatoms. The lowest BCUT2D eigenvalue weighted by atomic mass is 9.75. The number of nitrogens with zero attached hydrogens (tertiary/aromatic N) is 2. The van der Waals surface area contributed by atoms with Gasteiger partial charge in [-0.15, -0.1) is 0 Å². The zero-order valence-electron chi connectivity index (χ0n) is 12.1. The average molecular weight is 344 g/mol. The second-order valence-corrected chi connectivity index (χ2v) is 6.15. The summed E-state index contributed by atoms with van der Waals surface area (Å²) in [5.74, 6) is 0.207. The van der Waals surface area contributed by atoms with E-state index in [9.17, 15) is 4.79 Å². The summed E-state index contributed by atoms with van der Waals surface area (Å²) < 4.78 is 8.19. The lowest BCUT2D eigenvalue weighted by Gasteiger charge is -2.34. The number of carbonyl (C=O) groups is 1. The van der Waals surface area contributed by atoms with Crippen molar-refractivity contribution in [2.75, 3.05) is 19.8 Å². The van der Waals surface area contributed by atoms with Gasteiger partial charge in [0, 0.05) is 31.7 Å². The van der Waals surface area contributed by atoms with Crippen molar-refractivity contribution in [2.24, 2.45) is 11.1 Å². The van der Waals surface area contributed by atoms with Crippen molar-refractivity contribution < 1.29 is 9.53 Å². The van der Waals surface area contributed by atoms with Crippen LogP contribution in [0.2, 0.25) is 0 Å². The summed E-state index contributed by atoms with van der Waals surface area (Å²) in [5.41, 5.74) is 7.35. The van der Waals surface area contributed by atoms with Gasteiger partial charge in [0.15, 0.2) is 0 Å². The number of aromatic nitrogens is 2. The molecule has 0 unspecified atom stereocenters. The summed E-state index contributed by atoms with van der Waals surface area (Å²) in [6.07, 6.45) is 1.82. The number of rotatable bonds is 5. The van der Waals surface area contributed by atoms with E-state index in [1.807, 2.05) is 18.5 Å². The van der Waals surface area contributed by atoms with E-state index in [4.69, 9.17) is 10.5 Å². The topological polar surface area (TPSA) is 70.1 Å². The molecule has 1 aromatic heterocycles. The van der Waals surface area contributed by atoms with Crippen LogP contribution in [0.5, 0.6) is 0 Å². The van der Waals surface area contributed by atoms with E-state index in [1.165, 1.54) is 0 Å². The fourth-order valence-corrected chi connectivity index (χ4v) is 3.16. The first-order chi connectivity index (χ1) is 9.54. The largest absolute Gasteiger partial charge is 0.381 e. The smallest absolute Gasteiger partial charge is 0.146 e. The van der Waals surface area contributed by atoms with Crippen molar-refractivity contribution in [1.29, 1.82) is 0 Å². The maximum atomic E-state index is 12.8. The predicted molar refractivity (Wildman–Crippen MR) is 80.6 cm³/mol. The third kappa shape index (κ3) is 2.82. The molecular weight excluding hydrogens is 322 g/mol. The highest BCUT2D eigenvalue weighted by molar-refractivity contribution is 9.10. The molecule has 1 fully saturated rings. The Morgan fingerprint density at radius 2 is 2.15 bits per heavy atom. The second-order valence-electron chi connectivity index (χ2n) is 5.36. The third-order valence-electron chi connectivity index (χ3n) is 4.21. The Labute approximate surface area is 128 Å². The average Bonchev–Trinajstić information content (AvgIpc) is 2.75. The summed E-state index contributed by atoms with van der Waals surface area (Å²) in [6.45, 7) is 6.36. The van der Waals surface area contributed by atoms with Crippen molar-refractivity contribution in [1.82, 2.24) is 9.78 Å². The van der Waals surface area contributed by atoms with E-state index in [0.29, 0.717) is 26.2 Å². The Morgan fingerprint density at radius 1 is 1.50 bits per heavy atom. The van der Waals surface area contributed by atoms with Gasteiger partial charge in [-0.25, -0.2) is 0 Å². The Balaban J connectivity index is 2.22. The van der Waals surface area contributed by atoms with Gasteiger partial charge in [-0.05, 0) is 42.6 Å². The van der Waals surface area contributed by atoms with Gasteiger partial charge in [0.2, 0.25) is 0 Å². The molecule has 2 N–H and O–H groups in total. The minimum atomic E-state index is -0.422. The van der Waals surface area contributed by atoms with Gasteiger partial charge in [0.05, 0.1) is 22.3 Å². The first-order valence-electron chi connectivity index (χ1n) is 7.07. The maximum absolute atomic E-state index is 12.8. The standard InChI is InChI=1S/C14H22BrN3O2/c1-3-18-11(13(15)10(2)17-18)8-12(19)14(9-16)4-6-20-7-5-14/h3-9,16H2,1-2H3. The molecule has 0 saturated carbocycles. The van der Waals surface area contributed by atoms with Gasteiger partial charge < -0.3 is 10.5 Å². The fraction of sp³-hybridized carbons (Fsp3) is 0.714. The molecule has 0 aliphatic carbocycles. The minimum Gasteiger partial charge on any atom is -0.381 e. The van der Waals surface area contributed by atoms with Crippen molar-refractivity contribution in [2.45, 2.75) is 39.7 Å². The van der Waals surface area contributed by atoms with Gasteiger partial charge in [-0.2, -0.15) is 5.10 Å². The molecular formula is C14H22BrN3O2. The Hall–Kier alpha value is -0.720. The summed E-state index contributed by atoms with van der Waals surface area (Å²) in [6, 6.07) is 0. The normalized spacial score (nSPS) is 18.2. The maximum Gasteiger partial charge on any atom is 0.146 e. The van der Waals surface area contributed by atoms with Crippen LogP contribution in [0, 0.1) is 12.3 Å². The van der Waals surface area contributed by atoms with Crippen LogP contribution < -0.4 is 5.73 Å². The third-order valence-corrected chi connectivity index (χ3v) is 5.24. The second kappa shape index (κ2) is 6.37. The van der Waals surface area contributed by atoms with Gasteiger partial charge in [-0.1, -0.05) is 0 Å². The molecule has 1 saturated heterocycles. The van der Waals surface area contributed by atoms with Crippen molar-refractivity contribution >= 4 is 21.7 Å². The molecule has 0 aromatic carbocycles. The molecule has 1 aliphatic heterocycles. The summed E-state index contributed by atoms with van der Waals surface area (Å²) in [5, 5.41) is 4.44. The van der Waals surface area contributed by atoms with Crippen LogP contribution in [0.25, 0.3) is 0 Å². The number of hydrogen-bond donors (Lipinski definition) is 1. The zero-order valence-corrected chi connectivity index (χ0v) is 13.7. The van der Waals surface area contributed by atoms with Crippen LogP contribution in [0.3, 0.4) is 0 Å². The van der Waals surface area contributed by atoms with Crippen LogP contribution in [0.15, 0.2) is 4.47 Å². The SMILES string of the molecule is CCn1nc(C)c(Br)c1CC(=O)C1(CN)CCOCC1. The van der Waals surface area contributed by atoms with Crippen LogP contribution in [0.4, 0.5) is 0 Å². The van der Waals surface area contributed by atoms with Crippen molar-refractivity contribution in [3.63, 3.8) is 0 Å². The number of halogens is 1. The molecule has 0 radical (unpaired) electrons. The zero-order chi connectivity index (χ0) is 14.8. The number of ether oxygens (including phenoxy) is 1. The van der Waals surface area contributed by atoms with Gasteiger partial charge >= 0.3 is 0 Å². The fourth-order valence-electron chi connectivity index (χ4n) is 2.74. The summed E-state index contributed by atoms with van der Waals surface area (Å²) in [4.78, 5) is 12.8. The van der Waals surface area contributed by atoms with Crippen molar-refractivity contribution in [3.8, 4) is 0 Å². The Bertz CT molecular complexity index is 493. The molecule has 2 rings (SSSR count). The Morgan fingerprint density at radius 3 is 2.70 bits per heavy atom. The van der Waals surface area contributed by atoms with Gasteiger partial charge in [-0.3, -0.25) is 9.48 Å². The van der Waals surface area contributed by atoms with E-state index in [0.717, 1.165) is 35.2 Å². The van der Waals surface area contributed by atoms with E-state index in [2.05, 4.69) is 21.0 Å². The van der Waals surface area contributed by atoms with E-state index in [-0.39, 0.29) is 5.78 Å². The number of Topliss-reactive ketones (excluding diaryl/α,β-unsaturated/α-hetero) is 1. The molecule has 0 amide bonds.